The van der Waals surface area contributed by atoms with Gasteiger partial charge in [0.25, 0.3) is 15.9 Å². The van der Waals surface area contributed by atoms with Crippen molar-refractivity contribution >= 4 is 44.4 Å². The molecule has 0 fully saturated rings. The Bertz CT molecular complexity index is 1640. The van der Waals surface area contributed by atoms with Gasteiger partial charge in [0, 0.05) is 12.6 Å². The van der Waals surface area contributed by atoms with Crippen molar-refractivity contribution in [2.24, 2.45) is 0 Å². The molecule has 0 aliphatic heterocycles. The van der Waals surface area contributed by atoms with Crippen LogP contribution in [0.2, 0.25) is 0 Å². The van der Waals surface area contributed by atoms with Gasteiger partial charge < -0.3 is 5.32 Å². The minimum Gasteiger partial charge on any atom is -0.326 e. The first-order valence-corrected chi connectivity index (χ1v) is 14.2. The molecular weight excluding hydrogens is 520 g/mol. The van der Waals surface area contributed by atoms with Crippen LogP contribution in [-0.4, -0.2) is 20.2 Å². The second-order valence-electron chi connectivity index (χ2n) is 9.00. The van der Waals surface area contributed by atoms with E-state index >= 15 is 0 Å². The van der Waals surface area contributed by atoms with Crippen molar-refractivity contribution in [1.29, 1.82) is 0 Å². The summed E-state index contributed by atoms with van der Waals surface area (Å²) in [6, 6.07) is 32.7. The lowest BCUT2D eigenvalue weighted by molar-refractivity contribution is -0.114. The highest BCUT2D eigenvalue weighted by Gasteiger charge is 2.29. The predicted molar refractivity (Wildman–Crippen MR) is 161 cm³/mol. The molecule has 2 amide bonds. The van der Waals surface area contributed by atoms with Crippen LogP contribution in [0.5, 0.6) is 0 Å². The minimum absolute atomic E-state index is 0.0944. The number of benzene rings is 4. The summed E-state index contributed by atoms with van der Waals surface area (Å²) in [6.07, 6.45) is 1.75. The number of nitrogens with zero attached hydrogens (tertiary/aromatic N) is 1. The minimum atomic E-state index is -4.27. The molecule has 4 rings (SSSR count). The highest BCUT2D eigenvalue weighted by atomic mass is 32.2. The summed E-state index contributed by atoms with van der Waals surface area (Å²) in [7, 11) is -4.27. The molecule has 0 aliphatic carbocycles. The zero-order valence-corrected chi connectivity index (χ0v) is 23.2. The monoisotopic (exact) mass is 550 g/mol. The summed E-state index contributed by atoms with van der Waals surface area (Å²) < 4.78 is 28.0. The first-order chi connectivity index (χ1) is 19.3. The highest BCUT2D eigenvalue weighted by molar-refractivity contribution is 7.93. The van der Waals surface area contributed by atoms with Crippen LogP contribution in [0, 0.1) is 0 Å². The van der Waals surface area contributed by atoms with Crippen molar-refractivity contribution in [1.82, 2.24) is 0 Å². The number of hydrogen-bond donors (Lipinski definition) is 1. The van der Waals surface area contributed by atoms with Gasteiger partial charge in [-0.15, -0.1) is 0 Å². The SMILES string of the molecule is C=CC(=O)N(c1ccc(C(=C(CC)c2ccccc2)c2ccccc2)cc1)S(=O)(=O)c1ccc(NC(C)=O)cc1. The average molecular weight is 551 g/mol. The molecule has 4 aromatic carbocycles. The van der Waals surface area contributed by atoms with Gasteiger partial charge in [0.15, 0.2) is 0 Å². The normalized spacial score (nSPS) is 11.8. The van der Waals surface area contributed by atoms with E-state index in [9.17, 15) is 18.0 Å². The van der Waals surface area contributed by atoms with Gasteiger partial charge in [-0.2, -0.15) is 4.31 Å². The van der Waals surface area contributed by atoms with Crippen LogP contribution in [0.3, 0.4) is 0 Å². The quantitative estimate of drug-likeness (QED) is 0.181. The van der Waals surface area contributed by atoms with Crippen molar-refractivity contribution in [2.75, 3.05) is 9.62 Å². The maximum atomic E-state index is 13.6. The fraction of sp³-hybridized carbons (Fsp3) is 0.0909. The van der Waals surface area contributed by atoms with Crippen LogP contribution in [-0.2, 0) is 19.6 Å². The Balaban J connectivity index is 1.80. The van der Waals surface area contributed by atoms with Crippen LogP contribution in [0.1, 0.15) is 37.0 Å². The third-order valence-electron chi connectivity index (χ3n) is 6.32. The van der Waals surface area contributed by atoms with Gasteiger partial charge in [0.05, 0.1) is 10.6 Å². The average Bonchev–Trinajstić information content (AvgIpc) is 2.97. The van der Waals surface area contributed by atoms with Gasteiger partial charge in [0.2, 0.25) is 5.91 Å². The van der Waals surface area contributed by atoms with E-state index in [2.05, 4.69) is 31.0 Å². The van der Waals surface area contributed by atoms with Crippen molar-refractivity contribution in [3.8, 4) is 0 Å². The molecule has 7 heteroatoms. The maximum absolute atomic E-state index is 13.6. The number of hydrogen-bond acceptors (Lipinski definition) is 4. The zero-order chi connectivity index (χ0) is 28.7. The number of sulfonamides is 1. The highest BCUT2D eigenvalue weighted by Crippen LogP contribution is 2.35. The van der Waals surface area contributed by atoms with Crippen LogP contribution < -0.4 is 9.62 Å². The predicted octanol–water partition coefficient (Wildman–Crippen LogP) is 6.92. The standard InChI is InChI=1S/C33H30N2O4S/c1-4-31(25-12-8-6-9-13-25)33(26-14-10-7-11-15-26)27-16-20-29(21-17-27)35(32(37)5-2)40(38,39)30-22-18-28(19-23-30)34-24(3)36/h5-23H,2,4H2,1,3H3,(H,34,36). The molecule has 0 saturated carbocycles. The molecule has 0 unspecified atom stereocenters. The second-order valence-corrected chi connectivity index (χ2v) is 10.8. The third-order valence-corrected chi connectivity index (χ3v) is 8.06. The molecule has 4 aromatic rings. The number of carbonyl (C=O) groups excluding carboxylic acids is 2. The Morgan fingerprint density at radius 3 is 1.80 bits per heavy atom. The van der Waals surface area contributed by atoms with E-state index in [0.717, 1.165) is 44.6 Å². The van der Waals surface area contributed by atoms with Crippen molar-refractivity contribution in [3.63, 3.8) is 0 Å². The van der Waals surface area contributed by atoms with Crippen LogP contribution in [0.4, 0.5) is 11.4 Å². The Morgan fingerprint density at radius 1 is 0.775 bits per heavy atom. The van der Waals surface area contributed by atoms with Crippen molar-refractivity contribution < 1.29 is 18.0 Å². The summed E-state index contributed by atoms with van der Waals surface area (Å²) >= 11 is 0. The second kappa shape index (κ2) is 12.4. The van der Waals surface area contributed by atoms with Gasteiger partial charge in [-0.1, -0.05) is 86.3 Å². The Kier molecular flexibility index (Phi) is 8.76. The molecule has 0 heterocycles. The summed E-state index contributed by atoms with van der Waals surface area (Å²) in [4.78, 5) is 24.1. The van der Waals surface area contributed by atoms with Gasteiger partial charge >= 0.3 is 0 Å². The van der Waals surface area contributed by atoms with Crippen molar-refractivity contribution in [2.45, 2.75) is 25.2 Å². The number of amides is 2. The molecule has 40 heavy (non-hydrogen) atoms. The van der Waals surface area contributed by atoms with Gasteiger partial charge in [-0.05, 0) is 76.7 Å². The molecule has 1 N–H and O–H groups in total. The summed E-state index contributed by atoms with van der Waals surface area (Å²) in [5, 5.41) is 2.60. The number of nitrogens with one attached hydrogen (secondary N) is 1. The summed E-state index contributed by atoms with van der Waals surface area (Å²) in [5.74, 6) is -1.06. The molecule has 0 atom stereocenters. The fourth-order valence-electron chi connectivity index (χ4n) is 4.53. The van der Waals surface area contributed by atoms with Gasteiger partial charge in [-0.25, -0.2) is 8.42 Å². The van der Waals surface area contributed by atoms with E-state index in [4.69, 9.17) is 0 Å². The topological polar surface area (TPSA) is 83.6 Å². The largest absolute Gasteiger partial charge is 0.326 e. The zero-order valence-electron chi connectivity index (χ0n) is 22.4. The number of anilines is 2. The molecule has 202 valence electrons. The molecular formula is C33H30N2O4S. The van der Waals surface area contributed by atoms with Crippen LogP contribution >= 0.6 is 0 Å². The molecule has 0 saturated heterocycles. The third kappa shape index (κ3) is 6.11. The Hall–Kier alpha value is -4.75. The fourth-order valence-corrected chi connectivity index (χ4v) is 5.94. The first kappa shape index (κ1) is 28.3. The summed E-state index contributed by atoms with van der Waals surface area (Å²) in [5.41, 5.74) is 5.82. The van der Waals surface area contributed by atoms with Crippen LogP contribution in [0.15, 0.2) is 127 Å². The summed E-state index contributed by atoms with van der Waals surface area (Å²) in [6.45, 7) is 6.97. The van der Waals surface area contributed by atoms with E-state index in [1.54, 1.807) is 12.1 Å². The molecule has 0 aliphatic rings. The first-order valence-electron chi connectivity index (χ1n) is 12.8. The smallest absolute Gasteiger partial charge is 0.271 e. The lowest BCUT2D eigenvalue weighted by Gasteiger charge is -2.22. The van der Waals surface area contributed by atoms with E-state index in [0.29, 0.717) is 5.69 Å². The molecule has 0 bridgehead atoms. The lowest BCUT2D eigenvalue weighted by atomic mass is 9.88. The molecule has 0 spiro atoms. The number of carbonyl (C=O) groups is 2. The van der Waals surface area contributed by atoms with E-state index < -0.39 is 15.9 Å². The van der Waals surface area contributed by atoms with E-state index in [1.807, 2.05) is 60.7 Å². The molecule has 6 nitrogen and oxygen atoms in total. The molecule has 0 radical (unpaired) electrons. The van der Waals surface area contributed by atoms with Crippen LogP contribution in [0.25, 0.3) is 11.1 Å². The number of allylic oxidation sites excluding steroid dienone is 1. The lowest BCUT2D eigenvalue weighted by Crippen LogP contribution is -2.35. The van der Waals surface area contributed by atoms with Gasteiger partial charge in [-0.3, -0.25) is 9.59 Å². The van der Waals surface area contributed by atoms with E-state index in [-0.39, 0.29) is 16.5 Å². The van der Waals surface area contributed by atoms with Crippen molar-refractivity contribution in [3.05, 3.63) is 139 Å². The van der Waals surface area contributed by atoms with Gasteiger partial charge in [0.1, 0.15) is 0 Å². The maximum Gasteiger partial charge on any atom is 0.271 e. The Labute approximate surface area is 235 Å². The van der Waals surface area contributed by atoms with E-state index in [1.165, 1.54) is 31.2 Å². The number of rotatable bonds is 9. The molecule has 0 aromatic heterocycles. The Morgan fingerprint density at radius 2 is 1.30 bits per heavy atom.